The summed E-state index contributed by atoms with van der Waals surface area (Å²) in [6.07, 6.45) is 7.19. The van der Waals surface area contributed by atoms with Crippen LogP contribution in [0.3, 0.4) is 0 Å². The average molecular weight is 272 g/mol. The van der Waals surface area contributed by atoms with E-state index in [0.717, 1.165) is 29.3 Å². The van der Waals surface area contributed by atoms with Crippen LogP contribution in [0.5, 0.6) is 0 Å². The van der Waals surface area contributed by atoms with Crippen molar-refractivity contribution in [2.24, 2.45) is 5.92 Å². The largest absolute Gasteiger partial charge is 0.326 e. The number of nitrogens with one attached hydrogen (secondary N) is 2. The van der Waals surface area contributed by atoms with Crippen molar-refractivity contribution in [2.75, 3.05) is 10.6 Å². The Morgan fingerprint density at radius 1 is 1.30 bits per heavy atom. The molecule has 0 atom stereocenters. The summed E-state index contributed by atoms with van der Waals surface area (Å²) in [4.78, 5) is 23.2. The molecule has 1 aromatic rings. The van der Waals surface area contributed by atoms with E-state index < -0.39 is 0 Å². The van der Waals surface area contributed by atoms with Gasteiger partial charge in [0.05, 0.1) is 6.42 Å². The predicted molar refractivity (Wildman–Crippen MR) is 78.6 cm³/mol. The lowest BCUT2D eigenvalue weighted by atomic mass is 10.0. The minimum absolute atomic E-state index is 0.0182. The molecule has 0 bridgehead atoms. The van der Waals surface area contributed by atoms with Crippen molar-refractivity contribution in [2.45, 2.75) is 44.9 Å². The zero-order chi connectivity index (χ0) is 13.9. The van der Waals surface area contributed by atoms with Gasteiger partial charge in [0.2, 0.25) is 11.8 Å². The van der Waals surface area contributed by atoms with E-state index in [1.54, 1.807) is 0 Å². The quantitative estimate of drug-likeness (QED) is 0.885. The molecular weight excluding hydrogens is 252 g/mol. The van der Waals surface area contributed by atoms with Gasteiger partial charge in [-0.1, -0.05) is 25.7 Å². The number of carbonyl (C=O) groups is 2. The van der Waals surface area contributed by atoms with Crippen LogP contribution in [-0.4, -0.2) is 11.8 Å². The summed E-state index contributed by atoms with van der Waals surface area (Å²) >= 11 is 0. The molecule has 2 N–H and O–H groups in total. The standard InChI is InChI=1S/C16H20N2O2/c19-15(8-5-11-3-1-2-4-11)17-13-6-7-14-12(9-13)10-16(20)18-14/h6-7,9,11H,1-5,8,10H2,(H,17,19)(H,18,20). The minimum Gasteiger partial charge on any atom is -0.326 e. The van der Waals surface area contributed by atoms with E-state index in [2.05, 4.69) is 10.6 Å². The maximum atomic E-state index is 11.9. The number of amides is 2. The zero-order valence-electron chi connectivity index (χ0n) is 11.6. The Morgan fingerprint density at radius 3 is 2.90 bits per heavy atom. The molecule has 1 aromatic carbocycles. The molecule has 0 unspecified atom stereocenters. The van der Waals surface area contributed by atoms with Gasteiger partial charge in [-0.3, -0.25) is 9.59 Å². The van der Waals surface area contributed by atoms with Crippen molar-refractivity contribution in [3.8, 4) is 0 Å². The average Bonchev–Trinajstić information content (AvgIpc) is 3.04. The van der Waals surface area contributed by atoms with Crippen molar-refractivity contribution in [1.29, 1.82) is 0 Å². The number of rotatable bonds is 4. The van der Waals surface area contributed by atoms with Crippen LogP contribution in [-0.2, 0) is 16.0 Å². The Kier molecular flexibility index (Phi) is 3.72. The van der Waals surface area contributed by atoms with Crippen LogP contribution < -0.4 is 10.6 Å². The predicted octanol–water partition coefficient (Wildman–Crippen LogP) is 3.09. The normalized spacial score (nSPS) is 17.9. The van der Waals surface area contributed by atoms with Gasteiger partial charge >= 0.3 is 0 Å². The lowest BCUT2D eigenvalue weighted by molar-refractivity contribution is -0.116. The molecule has 1 saturated carbocycles. The van der Waals surface area contributed by atoms with Gasteiger partial charge in [0, 0.05) is 17.8 Å². The van der Waals surface area contributed by atoms with E-state index in [4.69, 9.17) is 0 Å². The fourth-order valence-electron chi connectivity index (χ4n) is 3.16. The van der Waals surface area contributed by atoms with Crippen LogP contribution in [0.2, 0.25) is 0 Å². The summed E-state index contributed by atoms with van der Waals surface area (Å²) in [5.74, 6) is 0.835. The second-order valence-corrected chi connectivity index (χ2v) is 5.83. The van der Waals surface area contributed by atoms with Crippen LogP contribution >= 0.6 is 0 Å². The molecule has 1 aliphatic heterocycles. The number of anilines is 2. The molecule has 106 valence electrons. The van der Waals surface area contributed by atoms with Crippen LogP contribution in [0.15, 0.2) is 18.2 Å². The number of benzene rings is 1. The number of fused-ring (bicyclic) bond motifs is 1. The molecule has 20 heavy (non-hydrogen) atoms. The summed E-state index contributed by atoms with van der Waals surface area (Å²) < 4.78 is 0. The van der Waals surface area contributed by atoms with Crippen LogP contribution in [0, 0.1) is 5.92 Å². The SMILES string of the molecule is O=C(CCC1CCCC1)Nc1ccc2c(c1)CC(=O)N2. The monoisotopic (exact) mass is 272 g/mol. The summed E-state index contributed by atoms with van der Waals surface area (Å²) in [7, 11) is 0. The lowest BCUT2D eigenvalue weighted by Gasteiger charge is -2.10. The Hall–Kier alpha value is -1.84. The number of carbonyl (C=O) groups excluding carboxylic acids is 2. The molecule has 2 aliphatic rings. The first-order valence-electron chi connectivity index (χ1n) is 7.43. The zero-order valence-corrected chi connectivity index (χ0v) is 11.6. The van der Waals surface area contributed by atoms with E-state index in [1.165, 1.54) is 25.7 Å². The highest BCUT2D eigenvalue weighted by atomic mass is 16.2. The van der Waals surface area contributed by atoms with Gasteiger partial charge < -0.3 is 10.6 Å². The van der Waals surface area contributed by atoms with Gasteiger partial charge in [-0.25, -0.2) is 0 Å². The topological polar surface area (TPSA) is 58.2 Å². The van der Waals surface area contributed by atoms with Gasteiger partial charge in [-0.15, -0.1) is 0 Å². The number of hydrogen-bond donors (Lipinski definition) is 2. The second-order valence-electron chi connectivity index (χ2n) is 5.83. The third kappa shape index (κ3) is 3.00. The maximum absolute atomic E-state index is 11.9. The highest BCUT2D eigenvalue weighted by molar-refractivity contribution is 6.00. The number of hydrogen-bond acceptors (Lipinski definition) is 2. The lowest BCUT2D eigenvalue weighted by Crippen LogP contribution is -2.12. The molecule has 3 rings (SSSR count). The molecule has 1 fully saturated rings. The summed E-state index contributed by atoms with van der Waals surface area (Å²) in [6, 6.07) is 5.59. The summed E-state index contributed by atoms with van der Waals surface area (Å²) in [6.45, 7) is 0. The smallest absolute Gasteiger partial charge is 0.228 e. The Labute approximate surface area is 118 Å². The highest BCUT2D eigenvalue weighted by Crippen LogP contribution is 2.29. The minimum atomic E-state index is 0.0182. The van der Waals surface area contributed by atoms with Crippen molar-refractivity contribution >= 4 is 23.2 Å². The van der Waals surface area contributed by atoms with Crippen LogP contribution in [0.4, 0.5) is 11.4 Å². The van der Waals surface area contributed by atoms with Gasteiger partial charge in [-0.05, 0) is 36.1 Å². The fourth-order valence-corrected chi connectivity index (χ4v) is 3.16. The van der Waals surface area contributed by atoms with E-state index in [1.807, 2.05) is 18.2 Å². The molecule has 0 spiro atoms. The Bertz CT molecular complexity index is 533. The maximum Gasteiger partial charge on any atom is 0.228 e. The third-order valence-corrected chi connectivity index (χ3v) is 4.27. The van der Waals surface area contributed by atoms with Gasteiger partial charge in [-0.2, -0.15) is 0 Å². The Balaban J connectivity index is 1.53. The van der Waals surface area contributed by atoms with Crippen LogP contribution in [0.25, 0.3) is 0 Å². The summed E-state index contributed by atoms with van der Waals surface area (Å²) in [5.41, 5.74) is 2.61. The van der Waals surface area contributed by atoms with E-state index in [0.29, 0.717) is 12.8 Å². The molecule has 4 heteroatoms. The molecule has 0 saturated heterocycles. The molecule has 0 radical (unpaired) electrons. The molecule has 2 amide bonds. The van der Waals surface area contributed by atoms with Crippen molar-refractivity contribution in [3.05, 3.63) is 23.8 Å². The fraction of sp³-hybridized carbons (Fsp3) is 0.500. The molecule has 1 aliphatic carbocycles. The van der Waals surface area contributed by atoms with E-state index in [-0.39, 0.29) is 11.8 Å². The van der Waals surface area contributed by atoms with Crippen molar-refractivity contribution in [1.82, 2.24) is 0 Å². The summed E-state index contributed by atoms with van der Waals surface area (Å²) in [5, 5.41) is 5.72. The molecule has 0 aromatic heterocycles. The third-order valence-electron chi connectivity index (χ3n) is 4.27. The van der Waals surface area contributed by atoms with Gasteiger partial charge in [0.15, 0.2) is 0 Å². The second kappa shape index (κ2) is 5.65. The van der Waals surface area contributed by atoms with Gasteiger partial charge in [0.25, 0.3) is 0 Å². The Morgan fingerprint density at radius 2 is 2.10 bits per heavy atom. The highest BCUT2D eigenvalue weighted by Gasteiger charge is 2.19. The van der Waals surface area contributed by atoms with Gasteiger partial charge in [0.1, 0.15) is 0 Å². The van der Waals surface area contributed by atoms with E-state index in [9.17, 15) is 9.59 Å². The first-order chi connectivity index (χ1) is 9.70. The first kappa shape index (κ1) is 13.2. The van der Waals surface area contributed by atoms with Crippen molar-refractivity contribution in [3.63, 3.8) is 0 Å². The van der Waals surface area contributed by atoms with Crippen LogP contribution in [0.1, 0.15) is 44.1 Å². The first-order valence-corrected chi connectivity index (χ1v) is 7.43. The molecule has 1 heterocycles. The molecule has 4 nitrogen and oxygen atoms in total. The van der Waals surface area contributed by atoms with Crippen molar-refractivity contribution < 1.29 is 9.59 Å². The van der Waals surface area contributed by atoms with E-state index >= 15 is 0 Å². The molecular formula is C16H20N2O2.